The number of fused-ring (bicyclic) bond motifs is 2. The summed E-state index contributed by atoms with van der Waals surface area (Å²) in [7, 11) is 0. The highest BCUT2D eigenvalue weighted by molar-refractivity contribution is 5.11. The Morgan fingerprint density at radius 3 is 2.08 bits per heavy atom. The minimum Gasteiger partial charge on any atom is -0.389 e. The number of hydrogen-bond acceptors (Lipinski definition) is 5. The van der Waals surface area contributed by atoms with Gasteiger partial charge in [0.1, 0.15) is 0 Å². The first-order valence-electron chi connectivity index (χ1n) is 9.57. The van der Waals surface area contributed by atoms with Gasteiger partial charge in [0.05, 0.1) is 32.0 Å². The second kappa shape index (κ2) is 5.65. The first kappa shape index (κ1) is 17.2. The summed E-state index contributed by atoms with van der Waals surface area (Å²) in [6.45, 7) is 11.0. The summed E-state index contributed by atoms with van der Waals surface area (Å²) in [5.41, 5.74) is -0.857. The van der Waals surface area contributed by atoms with Gasteiger partial charge in [0.25, 0.3) is 0 Å². The zero-order chi connectivity index (χ0) is 17.2. The van der Waals surface area contributed by atoms with E-state index in [4.69, 9.17) is 18.9 Å². The monoisotopic (exact) mass is 340 g/mol. The van der Waals surface area contributed by atoms with Crippen molar-refractivity contribution in [3.63, 3.8) is 0 Å². The van der Waals surface area contributed by atoms with Gasteiger partial charge in [0, 0.05) is 18.3 Å². The van der Waals surface area contributed by atoms with E-state index in [1.54, 1.807) is 0 Å². The molecule has 0 unspecified atom stereocenters. The Kier molecular flexibility index (Phi) is 4.05. The van der Waals surface area contributed by atoms with E-state index in [1.165, 1.54) is 0 Å². The quantitative estimate of drug-likeness (QED) is 0.795. The molecule has 0 aromatic heterocycles. The SMILES string of the molecule is C[C@H]1C[C@@H](C)[C@@H]2[C@H](C1)C1(C[C@H](C3(C)OCCO3)[C@]2(C)O)OCCO1. The largest absolute Gasteiger partial charge is 0.389 e. The standard InChI is InChI=1S/C19H32O5/c1-12-9-13(2)16-14(10-12)19(23-7-8-24-19)11-15(17(16,3)20)18(4)21-5-6-22-18/h12-16,20H,5-11H2,1-4H3/t12-,13+,14-,15-,16+,17-/m0/s1. The van der Waals surface area contributed by atoms with E-state index in [0.29, 0.717) is 44.7 Å². The van der Waals surface area contributed by atoms with Crippen molar-refractivity contribution in [2.45, 2.75) is 64.1 Å². The molecule has 4 fully saturated rings. The van der Waals surface area contributed by atoms with Crippen LogP contribution in [0, 0.1) is 29.6 Å². The van der Waals surface area contributed by atoms with Crippen molar-refractivity contribution >= 4 is 0 Å². The normalized spacial score (nSPS) is 50.1. The first-order chi connectivity index (χ1) is 11.3. The Balaban J connectivity index is 1.75. The van der Waals surface area contributed by atoms with E-state index >= 15 is 0 Å². The van der Waals surface area contributed by atoms with Crippen LogP contribution in [0.2, 0.25) is 0 Å². The fourth-order valence-electron chi connectivity index (χ4n) is 6.42. The van der Waals surface area contributed by atoms with Crippen molar-refractivity contribution < 1.29 is 24.1 Å². The lowest BCUT2D eigenvalue weighted by Crippen LogP contribution is -2.67. The van der Waals surface area contributed by atoms with Gasteiger partial charge < -0.3 is 24.1 Å². The summed E-state index contributed by atoms with van der Waals surface area (Å²) < 4.78 is 24.4. The molecule has 4 rings (SSSR count). The van der Waals surface area contributed by atoms with Crippen LogP contribution >= 0.6 is 0 Å². The van der Waals surface area contributed by atoms with Crippen LogP contribution in [0.1, 0.15) is 47.0 Å². The van der Waals surface area contributed by atoms with Gasteiger partial charge in [-0.25, -0.2) is 0 Å². The van der Waals surface area contributed by atoms with Crippen LogP contribution in [-0.2, 0) is 18.9 Å². The average molecular weight is 340 g/mol. The van der Waals surface area contributed by atoms with Gasteiger partial charge in [-0.05, 0) is 44.4 Å². The summed E-state index contributed by atoms with van der Waals surface area (Å²) in [5, 5.41) is 11.7. The van der Waals surface area contributed by atoms with Crippen LogP contribution < -0.4 is 0 Å². The molecule has 2 saturated carbocycles. The van der Waals surface area contributed by atoms with E-state index in [-0.39, 0.29) is 17.8 Å². The third kappa shape index (κ3) is 2.39. The highest BCUT2D eigenvalue weighted by Gasteiger charge is 2.67. The third-order valence-electron chi connectivity index (χ3n) is 7.18. The molecule has 0 aromatic rings. The van der Waals surface area contributed by atoms with Crippen LogP contribution in [-0.4, -0.2) is 48.7 Å². The molecule has 2 aliphatic heterocycles. The molecular formula is C19H32O5. The van der Waals surface area contributed by atoms with E-state index in [0.717, 1.165) is 12.8 Å². The Morgan fingerprint density at radius 2 is 1.46 bits per heavy atom. The van der Waals surface area contributed by atoms with Gasteiger partial charge in [-0.3, -0.25) is 0 Å². The minimum atomic E-state index is -0.857. The fourth-order valence-corrected chi connectivity index (χ4v) is 6.42. The third-order valence-corrected chi connectivity index (χ3v) is 7.18. The molecule has 6 atom stereocenters. The summed E-state index contributed by atoms with van der Waals surface area (Å²) in [5.74, 6) is -0.0924. The molecule has 0 radical (unpaired) electrons. The summed E-state index contributed by atoms with van der Waals surface area (Å²) in [4.78, 5) is 0. The summed E-state index contributed by atoms with van der Waals surface area (Å²) in [6.07, 6.45) is 2.83. The second-order valence-electron chi connectivity index (χ2n) is 8.89. The van der Waals surface area contributed by atoms with Crippen molar-refractivity contribution in [2.75, 3.05) is 26.4 Å². The molecule has 2 saturated heterocycles. The van der Waals surface area contributed by atoms with Crippen LogP contribution in [0.4, 0.5) is 0 Å². The zero-order valence-corrected chi connectivity index (χ0v) is 15.4. The molecule has 4 aliphatic rings. The van der Waals surface area contributed by atoms with Gasteiger partial charge in [0.2, 0.25) is 0 Å². The number of rotatable bonds is 1. The van der Waals surface area contributed by atoms with E-state index in [1.807, 2.05) is 13.8 Å². The van der Waals surface area contributed by atoms with E-state index < -0.39 is 17.2 Å². The second-order valence-corrected chi connectivity index (χ2v) is 8.89. The lowest BCUT2D eigenvalue weighted by atomic mass is 9.51. The molecule has 2 aliphatic carbocycles. The van der Waals surface area contributed by atoms with Crippen LogP contribution in [0.5, 0.6) is 0 Å². The van der Waals surface area contributed by atoms with Crippen molar-refractivity contribution in [1.82, 2.24) is 0 Å². The predicted octanol–water partition coefficient (Wildman–Crippen LogP) is 2.56. The van der Waals surface area contributed by atoms with Crippen LogP contribution in [0.3, 0.4) is 0 Å². The molecule has 138 valence electrons. The van der Waals surface area contributed by atoms with Gasteiger partial charge >= 0.3 is 0 Å². The van der Waals surface area contributed by atoms with Crippen LogP contribution in [0.25, 0.3) is 0 Å². The van der Waals surface area contributed by atoms with Crippen molar-refractivity contribution in [2.24, 2.45) is 29.6 Å². The molecule has 1 spiro atoms. The van der Waals surface area contributed by atoms with Crippen molar-refractivity contribution in [1.29, 1.82) is 0 Å². The average Bonchev–Trinajstić information content (AvgIpc) is 3.13. The molecule has 24 heavy (non-hydrogen) atoms. The first-order valence-corrected chi connectivity index (χ1v) is 9.57. The smallest absolute Gasteiger partial charge is 0.172 e. The summed E-state index contributed by atoms with van der Waals surface area (Å²) in [6, 6.07) is 0. The van der Waals surface area contributed by atoms with E-state index in [9.17, 15) is 5.11 Å². The number of aliphatic hydroxyl groups is 1. The highest BCUT2D eigenvalue weighted by atomic mass is 16.7. The Bertz CT molecular complexity index is 478. The minimum absolute atomic E-state index is 0.134. The van der Waals surface area contributed by atoms with Gasteiger partial charge in [-0.1, -0.05) is 13.8 Å². The molecule has 5 heteroatoms. The fraction of sp³-hybridized carbons (Fsp3) is 1.00. The van der Waals surface area contributed by atoms with Crippen LogP contribution in [0.15, 0.2) is 0 Å². The van der Waals surface area contributed by atoms with E-state index in [2.05, 4.69) is 13.8 Å². The van der Waals surface area contributed by atoms with Gasteiger partial charge in [-0.15, -0.1) is 0 Å². The molecular weight excluding hydrogens is 308 g/mol. The maximum absolute atomic E-state index is 11.7. The molecule has 0 aromatic carbocycles. The number of hydrogen-bond donors (Lipinski definition) is 1. The Hall–Kier alpha value is -0.200. The molecule has 0 bridgehead atoms. The highest BCUT2D eigenvalue weighted by Crippen LogP contribution is 2.60. The molecule has 5 nitrogen and oxygen atoms in total. The number of ether oxygens (including phenoxy) is 4. The van der Waals surface area contributed by atoms with Gasteiger partial charge in [-0.2, -0.15) is 0 Å². The molecule has 0 amide bonds. The Labute approximate surface area is 145 Å². The summed E-state index contributed by atoms with van der Waals surface area (Å²) >= 11 is 0. The lowest BCUT2D eigenvalue weighted by Gasteiger charge is -2.61. The Morgan fingerprint density at radius 1 is 0.875 bits per heavy atom. The molecule has 1 N–H and O–H groups in total. The van der Waals surface area contributed by atoms with Gasteiger partial charge in [0.15, 0.2) is 11.6 Å². The lowest BCUT2D eigenvalue weighted by molar-refractivity contribution is -0.336. The maximum Gasteiger partial charge on any atom is 0.172 e. The maximum atomic E-state index is 11.7. The zero-order valence-electron chi connectivity index (χ0n) is 15.4. The molecule has 2 heterocycles. The van der Waals surface area contributed by atoms with Crippen molar-refractivity contribution in [3.05, 3.63) is 0 Å². The predicted molar refractivity (Wildman–Crippen MR) is 88.2 cm³/mol. The van der Waals surface area contributed by atoms with Crippen molar-refractivity contribution in [3.8, 4) is 0 Å². The topological polar surface area (TPSA) is 57.2 Å².